The lowest BCUT2D eigenvalue weighted by molar-refractivity contribution is -0.302. The van der Waals surface area contributed by atoms with E-state index in [0.717, 1.165) is 28.6 Å². The Morgan fingerprint density at radius 1 is 0.956 bits per heavy atom. The number of piperidine rings is 1. The van der Waals surface area contributed by atoms with Crippen LogP contribution in [-0.4, -0.2) is 125 Å². The van der Waals surface area contributed by atoms with Crippen LogP contribution in [0.3, 0.4) is 0 Å². The maximum atomic E-state index is 14.6. The van der Waals surface area contributed by atoms with Crippen LogP contribution >= 0.6 is 0 Å². The number of ketones is 2. The summed E-state index contributed by atoms with van der Waals surface area (Å²) < 4.78 is 39.5. The third-order valence-electron chi connectivity index (χ3n) is 15.1. The molecule has 14 nitrogen and oxygen atoms in total. The fourth-order valence-corrected chi connectivity index (χ4v) is 11.1. The van der Waals surface area contributed by atoms with Gasteiger partial charge in [-0.05, 0) is 120 Å². The van der Waals surface area contributed by atoms with Gasteiger partial charge in [0.25, 0.3) is 11.7 Å². The zero-order valence-corrected chi connectivity index (χ0v) is 41.9. The molecule has 0 spiro atoms. The number of hydrogen-bond acceptors (Lipinski definition) is 12. The highest BCUT2D eigenvalue weighted by molar-refractivity contribution is 6.39. The summed E-state index contributed by atoms with van der Waals surface area (Å²) in [6.45, 7) is 15.6. The van der Waals surface area contributed by atoms with Crippen molar-refractivity contribution in [2.45, 2.75) is 167 Å². The topological polar surface area (TPSA) is 172 Å². The van der Waals surface area contributed by atoms with Crippen LogP contribution in [0.5, 0.6) is 5.75 Å². The Hall–Kier alpha value is -4.18. The molecule has 14 unspecified atom stereocenters. The quantitative estimate of drug-likeness (QED) is 0.136. The van der Waals surface area contributed by atoms with Crippen LogP contribution in [0.15, 0.2) is 66.4 Å². The summed E-state index contributed by atoms with van der Waals surface area (Å²) in [5, 5.41) is 25.2. The van der Waals surface area contributed by atoms with E-state index in [2.05, 4.69) is 30.2 Å². The van der Waals surface area contributed by atoms with Crippen molar-refractivity contribution in [2.24, 2.45) is 36.6 Å². The van der Waals surface area contributed by atoms with E-state index in [0.29, 0.717) is 57.1 Å². The number of aryl methyl sites for hydroxylation is 1. The van der Waals surface area contributed by atoms with E-state index in [4.69, 9.17) is 28.4 Å². The number of amides is 1. The fourth-order valence-electron chi connectivity index (χ4n) is 11.1. The van der Waals surface area contributed by atoms with Crippen molar-refractivity contribution in [3.8, 4) is 5.75 Å². The Bertz CT molecular complexity index is 2150. The van der Waals surface area contributed by atoms with Gasteiger partial charge in [0.1, 0.15) is 35.9 Å². The fraction of sp³-hybridized carbons (Fsp3) is 0.667. The summed E-state index contributed by atoms with van der Waals surface area (Å²) in [5.41, 5.74) is 2.79. The Morgan fingerprint density at radius 3 is 2.40 bits per heavy atom. The highest BCUT2D eigenvalue weighted by atomic mass is 16.7. The Balaban J connectivity index is 1.31. The molecule has 376 valence electrons. The largest absolute Gasteiger partial charge is 0.488 e. The molecule has 0 radical (unpaired) electrons. The van der Waals surface area contributed by atoms with Gasteiger partial charge in [0.05, 0.1) is 31.0 Å². The molecule has 1 saturated carbocycles. The minimum absolute atomic E-state index is 0.0149. The van der Waals surface area contributed by atoms with Gasteiger partial charge in [-0.25, -0.2) is 4.79 Å². The number of cyclic esters (lactones) is 1. The van der Waals surface area contributed by atoms with Crippen molar-refractivity contribution >= 4 is 34.3 Å². The second-order valence-corrected chi connectivity index (χ2v) is 20.3. The predicted molar refractivity (Wildman–Crippen MR) is 259 cm³/mol. The number of aliphatic hydroxyl groups excluding tert-OH is 1. The van der Waals surface area contributed by atoms with Crippen LogP contribution in [-0.2, 0) is 49.9 Å². The van der Waals surface area contributed by atoms with E-state index < -0.39 is 77.8 Å². The minimum atomic E-state index is -2.51. The van der Waals surface area contributed by atoms with E-state index in [9.17, 15) is 29.4 Å². The van der Waals surface area contributed by atoms with E-state index in [1.807, 2.05) is 58.3 Å². The number of aliphatic hydroxyl groups is 2. The molecule has 2 bridgehead atoms. The number of fused-ring (bicyclic) bond motifs is 4. The van der Waals surface area contributed by atoms with Crippen LogP contribution < -0.4 is 4.74 Å². The Morgan fingerprint density at radius 2 is 1.69 bits per heavy atom. The third-order valence-corrected chi connectivity index (χ3v) is 15.1. The highest BCUT2D eigenvalue weighted by Gasteiger charge is 2.56. The number of aromatic nitrogens is 1. The summed E-state index contributed by atoms with van der Waals surface area (Å²) in [5.74, 6) is -6.81. The molecule has 6 rings (SSSR count). The number of esters is 1. The third kappa shape index (κ3) is 12.2. The molecule has 68 heavy (non-hydrogen) atoms. The number of methoxy groups -OCH3 is 2. The van der Waals surface area contributed by atoms with Crippen LogP contribution in [0.4, 0.5) is 0 Å². The summed E-state index contributed by atoms with van der Waals surface area (Å²) in [6.07, 6.45) is 8.13. The van der Waals surface area contributed by atoms with Gasteiger partial charge < -0.3 is 48.1 Å². The highest BCUT2D eigenvalue weighted by Crippen LogP contribution is 2.40. The summed E-state index contributed by atoms with van der Waals surface area (Å²) in [4.78, 5) is 58.7. The molecule has 4 aliphatic rings. The summed E-state index contributed by atoms with van der Waals surface area (Å²) >= 11 is 0. The molecule has 1 amide bonds. The smallest absolute Gasteiger partial charge is 0.329 e. The van der Waals surface area contributed by atoms with Crippen molar-refractivity contribution in [3.63, 3.8) is 0 Å². The number of hydrogen-bond donors (Lipinski definition) is 2. The monoisotopic (exact) mass is 947 g/mol. The van der Waals surface area contributed by atoms with E-state index in [1.54, 1.807) is 19.9 Å². The van der Waals surface area contributed by atoms with Gasteiger partial charge in [-0.3, -0.25) is 14.4 Å². The van der Waals surface area contributed by atoms with Crippen LogP contribution in [0.25, 0.3) is 10.9 Å². The lowest BCUT2D eigenvalue weighted by Gasteiger charge is -2.47. The normalized spacial score (nSPS) is 35.5. The number of carbonyl (C=O) groups excluding carboxylic acids is 4. The van der Waals surface area contributed by atoms with Crippen molar-refractivity contribution in [3.05, 3.63) is 66.4 Å². The second kappa shape index (κ2) is 23.6. The van der Waals surface area contributed by atoms with Crippen LogP contribution in [0.1, 0.15) is 112 Å². The SMILES string of the molecule is C=CCOC1CC(C=C(C)C2OC(=O)C3CCCCN3C(=O)C(=O)C3(O)OC(C(OC)CC(C)CC(C)=CC(CC)C(=O)CC(O)C2C)C(OC)CC3C)CCC1Oc1ccc2c(ccn2C)c1. The number of Topliss-reactive ketones (excluding diaryl/α,β-unsaturated/α-hetero) is 2. The molecule has 4 heterocycles. The van der Waals surface area contributed by atoms with Crippen molar-refractivity contribution in [1.29, 1.82) is 0 Å². The Labute approximate surface area is 403 Å². The molecule has 2 N–H and O–H groups in total. The van der Waals surface area contributed by atoms with Gasteiger partial charge in [0.15, 0.2) is 0 Å². The summed E-state index contributed by atoms with van der Waals surface area (Å²) in [6, 6.07) is 6.97. The van der Waals surface area contributed by atoms with Crippen molar-refractivity contribution < 1.29 is 57.8 Å². The zero-order valence-electron chi connectivity index (χ0n) is 41.9. The minimum Gasteiger partial charge on any atom is -0.488 e. The molecule has 1 aliphatic carbocycles. The van der Waals surface area contributed by atoms with Gasteiger partial charge in [-0.1, -0.05) is 51.5 Å². The Kier molecular flexibility index (Phi) is 18.5. The van der Waals surface area contributed by atoms with E-state index in [1.165, 1.54) is 19.1 Å². The molecule has 1 aromatic heterocycles. The van der Waals surface area contributed by atoms with Crippen LogP contribution in [0, 0.1) is 29.6 Å². The zero-order chi connectivity index (χ0) is 49.4. The molecule has 14 heteroatoms. The lowest BCUT2D eigenvalue weighted by Crippen LogP contribution is -2.64. The molecule has 3 aliphatic heterocycles. The maximum Gasteiger partial charge on any atom is 0.329 e. The number of ether oxygens (including phenoxy) is 6. The standard InChI is InChI=1S/C54H78N2O12/c1-11-23-65-46-29-37(16-19-45(46)66-40-17-18-41-39(30-40)20-22-55(41)8)27-34(5)49-36(7)43(57)31-44(58)38(12-2)25-32(3)24-33(4)26-47(63-9)50-48(64-10)28-35(6)54(62,68-50)51(59)52(60)56-21-14-13-15-42(56)53(61)67-49/h11,17-18,20,22,25,27,30,33,35-38,42-43,45-50,57,62H,1,12-16,19,21,23-24,26,28-29,31H2,2-10H3. The number of carbonyl (C=O) groups is 4. The van der Waals surface area contributed by atoms with E-state index >= 15 is 0 Å². The number of allylic oxidation sites excluding steroid dienone is 3. The predicted octanol–water partition coefficient (Wildman–Crippen LogP) is 7.61. The first-order chi connectivity index (χ1) is 32.4. The molecule has 3 fully saturated rings. The first kappa shape index (κ1) is 53.2. The first-order valence-electron chi connectivity index (χ1n) is 24.9. The first-order valence-corrected chi connectivity index (χ1v) is 24.9. The van der Waals surface area contributed by atoms with Gasteiger partial charge in [-0.2, -0.15) is 0 Å². The second-order valence-electron chi connectivity index (χ2n) is 20.3. The van der Waals surface area contributed by atoms with Crippen molar-refractivity contribution in [1.82, 2.24) is 9.47 Å². The molecular weight excluding hydrogens is 869 g/mol. The number of benzene rings is 1. The van der Waals surface area contributed by atoms with Gasteiger partial charge in [0, 0.05) is 69.1 Å². The lowest BCUT2D eigenvalue weighted by atomic mass is 9.81. The average molecular weight is 947 g/mol. The van der Waals surface area contributed by atoms with Crippen LogP contribution in [0.2, 0.25) is 0 Å². The number of nitrogens with zero attached hydrogens (tertiary/aromatic N) is 2. The molecule has 1 aromatic carbocycles. The molecular formula is C54H78N2O12. The van der Waals surface area contributed by atoms with Crippen molar-refractivity contribution in [2.75, 3.05) is 27.4 Å². The average Bonchev–Trinajstić information content (AvgIpc) is 3.70. The summed E-state index contributed by atoms with van der Waals surface area (Å²) in [7, 11) is 5.09. The molecule has 2 saturated heterocycles. The molecule has 2 aromatic rings. The maximum absolute atomic E-state index is 14.6. The van der Waals surface area contributed by atoms with E-state index in [-0.39, 0.29) is 55.6 Å². The molecule has 14 atom stereocenters. The van der Waals surface area contributed by atoms with Gasteiger partial charge >= 0.3 is 5.97 Å². The number of rotatable bonds is 10. The van der Waals surface area contributed by atoms with Gasteiger partial charge in [-0.15, -0.1) is 6.58 Å². The van der Waals surface area contributed by atoms with Gasteiger partial charge in [0.2, 0.25) is 5.79 Å².